The highest BCUT2D eigenvalue weighted by molar-refractivity contribution is 5.94. The Balaban J connectivity index is 1.75. The molecule has 2 unspecified atom stereocenters. The van der Waals surface area contributed by atoms with Crippen LogP contribution in [-0.4, -0.2) is 29.3 Å². The second-order valence-electron chi connectivity index (χ2n) is 6.94. The van der Waals surface area contributed by atoms with Crippen LogP contribution in [0.2, 0.25) is 0 Å². The van der Waals surface area contributed by atoms with Gasteiger partial charge in [0.2, 0.25) is 5.91 Å². The zero-order valence-electron chi connectivity index (χ0n) is 15.2. The number of rotatable bonds is 5. The van der Waals surface area contributed by atoms with E-state index in [1.165, 1.54) is 6.42 Å². The molecule has 1 aliphatic rings. The molecular weight excluding hydrogens is 324 g/mol. The average molecular weight is 350 g/mol. The monoisotopic (exact) mass is 350 g/mol. The first-order chi connectivity index (χ1) is 12.6. The molecule has 2 aromatic carbocycles. The predicted molar refractivity (Wildman–Crippen MR) is 103 cm³/mol. The third kappa shape index (κ3) is 4.51. The van der Waals surface area contributed by atoms with Crippen molar-refractivity contribution in [2.24, 2.45) is 0 Å². The van der Waals surface area contributed by atoms with Crippen molar-refractivity contribution >= 4 is 11.8 Å². The Morgan fingerprint density at radius 1 is 1.04 bits per heavy atom. The molecule has 136 valence electrons. The van der Waals surface area contributed by atoms with Crippen LogP contribution in [0.25, 0.3) is 0 Å². The molecule has 4 nitrogen and oxygen atoms in total. The highest BCUT2D eigenvalue weighted by Gasteiger charge is 2.27. The van der Waals surface area contributed by atoms with Gasteiger partial charge >= 0.3 is 0 Å². The number of nitrogens with zero attached hydrogens (tertiary/aromatic N) is 1. The second kappa shape index (κ2) is 8.65. The number of benzene rings is 2. The third-order valence-electron chi connectivity index (χ3n) is 5.05. The van der Waals surface area contributed by atoms with Gasteiger partial charge in [0.05, 0.1) is 12.5 Å². The molecule has 4 heteroatoms. The fourth-order valence-electron chi connectivity index (χ4n) is 3.53. The minimum absolute atomic E-state index is 0.111. The summed E-state index contributed by atoms with van der Waals surface area (Å²) in [5.41, 5.74) is 1.56. The molecular formula is C22H26N2O2. The molecule has 0 aromatic heterocycles. The number of piperidine rings is 1. The lowest BCUT2D eigenvalue weighted by molar-refractivity contribution is -0.134. The van der Waals surface area contributed by atoms with Crippen molar-refractivity contribution in [3.63, 3.8) is 0 Å². The molecule has 1 N–H and O–H groups in total. The molecule has 1 heterocycles. The van der Waals surface area contributed by atoms with Crippen LogP contribution in [0.4, 0.5) is 0 Å². The third-order valence-corrected chi connectivity index (χ3v) is 5.05. The molecule has 3 rings (SSSR count). The summed E-state index contributed by atoms with van der Waals surface area (Å²) >= 11 is 0. The van der Waals surface area contributed by atoms with Gasteiger partial charge in [0, 0.05) is 18.2 Å². The minimum atomic E-state index is -0.328. The smallest absolute Gasteiger partial charge is 0.251 e. The van der Waals surface area contributed by atoms with Gasteiger partial charge in [-0.15, -0.1) is 0 Å². The van der Waals surface area contributed by atoms with E-state index in [-0.39, 0.29) is 30.3 Å². The Hall–Kier alpha value is -2.62. The summed E-state index contributed by atoms with van der Waals surface area (Å²) in [6.07, 6.45) is 3.57. The maximum atomic E-state index is 12.9. The van der Waals surface area contributed by atoms with Crippen LogP contribution in [0.15, 0.2) is 60.7 Å². The summed E-state index contributed by atoms with van der Waals surface area (Å²) in [5, 5.41) is 3.05. The van der Waals surface area contributed by atoms with E-state index in [1.54, 1.807) is 12.1 Å². The Morgan fingerprint density at radius 2 is 1.69 bits per heavy atom. The number of amides is 2. The van der Waals surface area contributed by atoms with Crippen molar-refractivity contribution in [3.05, 3.63) is 71.8 Å². The SMILES string of the molecule is CC1CCCCN1C(=O)CC(NC(=O)c1ccccc1)c1ccccc1. The van der Waals surface area contributed by atoms with Gasteiger partial charge < -0.3 is 10.2 Å². The molecule has 26 heavy (non-hydrogen) atoms. The molecule has 1 saturated heterocycles. The fraction of sp³-hybridized carbons (Fsp3) is 0.364. The average Bonchev–Trinajstić information content (AvgIpc) is 2.69. The maximum absolute atomic E-state index is 12.9. The molecule has 0 spiro atoms. The van der Waals surface area contributed by atoms with Gasteiger partial charge in [0.15, 0.2) is 0 Å². The largest absolute Gasteiger partial charge is 0.345 e. The van der Waals surface area contributed by atoms with Gasteiger partial charge in [-0.1, -0.05) is 48.5 Å². The first-order valence-corrected chi connectivity index (χ1v) is 9.35. The fourth-order valence-corrected chi connectivity index (χ4v) is 3.53. The molecule has 1 fully saturated rings. The van der Waals surface area contributed by atoms with Gasteiger partial charge in [0.1, 0.15) is 0 Å². The van der Waals surface area contributed by atoms with Crippen molar-refractivity contribution < 1.29 is 9.59 Å². The van der Waals surface area contributed by atoms with E-state index in [9.17, 15) is 9.59 Å². The summed E-state index contributed by atoms with van der Waals surface area (Å²) < 4.78 is 0. The number of carbonyl (C=O) groups excluding carboxylic acids is 2. The van der Waals surface area contributed by atoms with E-state index >= 15 is 0 Å². The van der Waals surface area contributed by atoms with Crippen LogP contribution in [0.1, 0.15) is 54.6 Å². The van der Waals surface area contributed by atoms with E-state index in [1.807, 2.05) is 53.4 Å². The van der Waals surface area contributed by atoms with Crippen molar-refractivity contribution in [1.29, 1.82) is 0 Å². The molecule has 1 aliphatic heterocycles. The Kier molecular flexibility index (Phi) is 6.05. The van der Waals surface area contributed by atoms with Gasteiger partial charge in [-0.25, -0.2) is 0 Å². The van der Waals surface area contributed by atoms with E-state index in [4.69, 9.17) is 0 Å². The van der Waals surface area contributed by atoms with Gasteiger partial charge in [0.25, 0.3) is 5.91 Å². The van der Waals surface area contributed by atoms with Gasteiger partial charge in [-0.3, -0.25) is 9.59 Å². The number of hydrogen-bond donors (Lipinski definition) is 1. The Labute approximate surface area is 155 Å². The lowest BCUT2D eigenvalue weighted by Gasteiger charge is -2.34. The highest BCUT2D eigenvalue weighted by Crippen LogP contribution is 2.23. The summed E-state index contributed by atoms with van der Waals surface area (Å²) in [6.45, 7) is 2.92. The molecule has 0 bridgehead atoms. The summed E-state index contributed by atoms with van der Waals surface area (Å²) in [5.74, 6) is -0.0432. The number of likely N-dealkylation sites (tertiary alicyclic amines) is 1. The zero-order chi connectivity index (χ0) is 18.4. The number of carbonyl (C=O) groups is 2. The maximum Gasteiger partial charge on any atom is 0.251 e. The van der Waals surface area contributed by atoms with Crippen LogP contribution >= 0.6 is 0 Å². The van der Waals surface area contributed by atoms with E-state index in [0.29, 0.717) is 5.56 Å². The predicted octanol–water partition coefficient (Wildman–Crippen LogP) is 3.95. The molecule has 0 saturated carbocycles. The first kappa shape index (κ1) is 18.2. The van der Waals surface area contributed by atoms with Crippen molar-refractivity contribution in [1.82, 2.24) is 10.2 Å². The van der Waals surface area contributed by atoms with E-state index in [2.05, 4.69) is 12.2 Å². The lowest BCUT2D eigenvalue weighted by atomic mass is 9.99. The quantitative estimate of drug-likeness (QED) is 0.888. The first-order valence-electron chi connectivity index (χ1n) is 9.35. The topological polar surface area (TPSA) is 49.4 Å². The molecule has 2 aromatic rings. The Bertz CT molecular complexity index is 730. The van der Waals surface area contributed by atoms with Crippen molar-refractivity contribution in [2.45, 2.75) is 44.7 Å². The van der Waals surface area contributed by atoms with Crippen molar-refractivity contribution in [2.75, 3.05) is 6.54 Å². The van der Waals surface area contributed by atoms with Crippen LogP contribution < -0.4 is 5.32 Å². The van der Waals surface area contributed by atoms with Crippen LogP contribution in [0.5, 0.6) is 0 Å². The zero-order valence-corrected chi connectivity index (χ0v) is 15.2. The second-order valence-corrected chi connectivity index (χ2v) is 6.94. The molecule has 2 atom stereocenters. The summed E-state index contributed by atoms with van der Waals surface area (Å²) in [4.78, 5) is 27.5. The van der Waals surface area contributed by atoms with Crippen molar-refractivity contribution in [3.8, 4) is 0 Å². The van der Waals surface area contributed by atoms with Gasteiger partial charge in [-0.2, -0.15) is 0 Å². The van der Waals surface area contributed by atoms with E-state index < -0.39 is 0 Å². The molecule has 2 amide bonds. The highest BCUT2D eigenvalue weighted by atomic mass is 16.2. The standard InChI is InChI=1S/C22H26N2O2/c1-17-10-8-9-15-24(17)21(25)16-20(18-11-4-2-5-12-18)23-22(26)19-13-6-3-7-14-19/h2-7,11-14,17,20H,8-10,15-16H2,1H3,(H,23,26). The Morgan fingerprint density at radius 3 is 2.35 bits per heavy atom. The van der Waals surface area contributed by atoms with Crippen LogP contribution in [-0.2, 0) is 4.79 Å². The molecule has 0 radical (unpaired) electrons. The number of nitrogens with one attached hydrogen (secondary N) is 1. The molecule has 0 aliphatic carbocycles. The van der Waals surface area contributed by atoms with Crippen LogP contribution in [0.3, 0.4) is 0 Å². The van der Waals surface area contributed by atoms with Crippen LogP contribution in [0, 0.1) is 0 Å². The van der Waals surface area contributed by atoms with Gasteiger partial charge in [-0.05, 0) is 43.9 Å². The number of hydrogen-bond acceptors (Lipinski definition) is 2. The lowest BCUT2D eigenvalue weighted by Crippen LogP contribution is -2.43. The summed E-state index contributed by atoms with van der Waals surface area (Å²) in [6, 6.07) is 18.8. The normalized spacial score (nSPS) is 18.2. The minimum Gasteiger partial charge on any atom is -0.345 e. The summed E-state index contributed by atoms with van der Waals surface area (Å²) in [7, 11) is 0. The van der Waals surface area contributed by atoms with E-state index in [0.717, 1.165) is 24.9 Å².